The molecule has 0 spiro atoms. The summed E-state index contributed by atoms with van der Waals surface area (Å²) in [5.74, 6) is 0. The second kappa shape index (κ2) is 4.61. The monoisotopic (exact) mass is 225 g/mol. The fourth-order valence-electron chi connectivity index (χ4n) is 2.28. The van der Waals surface area contributed by atoms with Gasteiger partial charge in [-0.05, 0) is 25.7 Å². The van der Waals surface area contributed by atoms with Crippen LogP contribution in [0.15, 0.2) is 16.9 Å². The highest BCUT2D eigenvalue weighted by Crippen LogP contribution is 2.33. The molecule has 6 heteroatoms. The van der Waals surface area contributed by atoms with Gasteiger partial charge in [0.2, 0.25) is 0 Å². The summed E-state index contributed by atoms with van der Waals surface area (Å²) < 4.78 is 5.66. The first-order chi connectivity index (χ1) is 7.69. The molecule has 0 amide bonds. The van der Waals surface area contributed by atoms with E-state index in [9.17, 15) is 10.1 Å². The molecule has 2 bridgehead atoms. The number of nitrogens with two attached hydrogens (primary N) is 1. The molecule has 2 heterocycles. The Kier molecular flexibility index (Phi) is 3.19. The summed E-state index contributed by atoms with van der Waals surface area (Å²) in [7, 11) is 0. The summed E-state index contributed by atoms with van der Waals surface area (Å²) >= 11 is 0. The van der Waals surface area contributed by atoms with Crippen LogP contribution in [0, 0.1) is 10.1 Å². The minimum Gasteiger partial charge on any atom is -0.399 e. The van der Waals surface area contributed by atoms with Crippen molar-refractivity contribution in [3.63, 3.8) is 0 Å². The number of nitrogens with zero attached hydrogens (tertiary/aromatic N) is 2. The highest BCUT2D eigenvalue weighted by atomic mass is 16.6. The van der Waals surface area contributed by atoms with E-state index in [1.807, 2.05) is 0 Å². The van der Waals surface area contributed by atoms with Crippen LogP contribution in [0.3, 0.4) is 0 Å². The number of allylic oxidation sites excluding steroid dienone is 1. The molecule has 0 saturated carbocycles. The van der Waals surface area contributed by atoms with Gasteiger partial charge in [0.1, 0.15) is 6.21 Å². The summed E-state index contributed by atoms with van der Waals surface area (Å²) in [4.78, 5) is 14.2. The molecule has 2 fully saturated rings. The molecule has 0 aromatic heterocycles. The largest absolute Gasteiger partial charge is 0.399 e. The Morgan fingerprint density at radius 3 is 2.56 bits per heavy atom. The van der Waals surface area contributed by atoms with Crippen LogP contribution in [-0.4, -0.2) is 29.4 Å². The predicted octanol–water partition coefficient (Wildman–Crippen LogP) is 0.844. The standard InChI is InChI=1S/C10H15N3O3/c11-5-8(13(14)15)6-12-7-3-9-1-2-10(4-7)16-9/h5-7,9-10H,1-4,11H2/b8-5+,12-6?. The molecular formula is C10H15N3O3. The average Bonchev–Trinajstić information content (AvgIpc) is 2.58. The van der Waals surface area contributed by atoms with Crippen molar-refractivity contribution in [3.05, 3.63) is 22.0 Å². The first-order valence-corrected chi connectivity index (χ1v) is 5.44. The van der Waals surface area contributed by atoms with Crippen molar-refractivity contribution in [2.24, 2.45) is 10.7 Å². The third-order valence-electron chi connectivity index (χ3n) is 3.06. The van der Waals surface area contributed by atoms with Gasteiger partial charge in [-0.25, -0.2) is 0 Å². The molecule has 2 unspecified atom stereocenters. The van der Waals surface area contributed by atoms with E-state index in [0.29, 0.717) is 12.2 Å². The van der Waals surface area contributed by atoms with Crippen LogP contribution in [-0.2, 0) is 4.74 Å². The predicted molar refractivity (Wildman–Crippen MR) is 58.7 cm³/mol. The molecule has 2 aliphatic rings. The van der Waals surface area contributed by atoms with Gasteiger partial charge in [-0.15, -0.1) is 0 Å². The van der Waals surface area contributed by atoms with Crippen molar-refractivity contribution in [1.29, 1.82) is 0 Å². The fourth-order valence-corrected chi connectivity index (χ4v) is 2.28. The minimum absolute atomic E-state index is 0.140. The van der Waals surface area contributed by atoms with Gasteiger partial charge in [-0.1, -0.05) is 0 Å². The summed E-state index contributed by atoms with van der Waals surface area (Å²) in [6.45, 7) is 0. The van der Waals surface area contributed by atoms with Crippen LogP contribution in [0.2, 0.25) is 0 Å². The lowest BCUT2D eigenvalue weighted by Gasteiger charge is -2.25. The number of hydrogen-bond donors (Lipinski definition) is 1. The van der Waals surface area contributed by atoms with E-state index in [0.717, 1.165) is 31.9 Å². The number of ether oxygens (including phenoxy) is 1. The minimum atomic E-state index is -0.530. The van der Waals surface area contributed by atoms with Crippen LogP contribution in [0.4, 0.5) is 0 Å². The van der Waals surface area contributed by atoms with E-state index in [2.05, 4.69) is 4.99 Å². The first kappa shape index (κ1) is 11.1. The van der Waals surface area contributed by atoms with E-state index in [1.165, 1.54) is 6.21 Å². The van der Waals surface area contributed by atoms with Gasteiger partial charge in [0.05, 0.1) is 29.4 Å². The number of fused-ring (bicyclic) bond motifs is 2. The Balaban J connectivity index is 1.94. The maximum atomic E-state index is 10.5. The van der Waals surface area contributed by atoms with E-state index in [1.54, 1.807) is 0 Å². The van der Waals surface area contributed by atoms with E-state index < -0.39 is 4.92 Å². The third kappa shape index (κ3) is 2.38. The fraction of sp³-hybridized carbons (Fsp3) is 0.700. The molecule has 0 aliphatic carbocycles. The lowest BCUT2D eigenvalue weighted by molar-refractivity contribution is -0.414. The molecule has 16 heavy (non-hydrogen) atoms. The van der Waals surface area contributed by atoms with Crippen molar-refractivity contribution in [2.75, 3.05) is 0 Å². The Labute approximate surface area is 93.3 Å². The second-order valence-electron chi connectivity index (χ2n) is 4.21. The van der Waals surface area contributed by atoms with Crippen molar-refractivity contribution in [3.8, 4) is 0 Å². The number of rotatable bonds is 3. The highest BCUT2D eigenvalue weighted by molar-refractivity contribution is 5.75. The zero-order valence-electron chi connectivity index (χ0n) is 8.91. The Hall–Kier alpha value is -1.43. The second-order valence-corrected chi connectivity index (χ2v) is 4.21. The van der Waals surface area contributed by atoms with Gasteiger partial charge in [0.15, 0.2) is 0 Å². The van der Waals surface area contributed by atoms with Gasteiger partial charge < -0.3 is 10.5 Å². The number of aliphatic imine (C=N–C) groups is 1. The molecule has 88 valence electrons. The number of hydrogen-bond acceptors (Lipinski definition) is 5. The zero-order valence-corrected chi connectivity index (χ0v) is 8.91. The SMILES string of the molecule is N/C=C(\C=NC1CC2CCC(C1)O2)[N+](=O)[O-]. The summed E-state index contributed by atoms with van der Waals surface area (Å²) in [5.41, 5.74) is 4.98. The molecular weight excluding hydrogens is 210 g/mol. The molecule has 0 aromatic rings. The summed E-state index contributed by atoms with van der Waals surface area (Å²) in [6.07, 6.45) is 6.72. The molecule has 2 rings (SSSR count). The highest BCUT2D eigenvalue weighted by Gasteiger charge is 2.34. The van der Waals surface area contributed by atoms with Gasteiger partial charge in [0.25, 0.3) is 0 Å². The Morgan fingerprint density at radius 2 is 2.06 bits per heavy atom. The number of nitro groups is 1. The van der Waals surface area contributed by atoms with Crippen molar-refractivity contribution in [2.45, 2.75) is 43.9 Å². The zero-order chi connectivity index (χ0) is 11.5. The Bertz CT molecular complexity index is 328. The quantitative estimate of drug-likeness (QED) is 0.438. The normalized spacial score (nSPS) is 34.5. The van der Waals surface area contributed by atoms with Crippen LogP contribution in [0.25, 0.3) is 0 Å². The summed E-state index contributed by atoms with van der Waals surface area (Å²) in [6, 6.07) is 0.140. The molecule has 0 aromatic carbocycles. The van der Waals surface area contributed by atoms with Crippen LogP contribution >= 0.6 is 0 Å². The van der Waals surface area contributed by atoms with Gasteiger partial charge in [0, 0.05) is 0 Å². The van der Waals surface area contributed by atoms with Gasteiger partial charge in [-0.2, -0.15) is 0 Å². The third-order valence-corrected chi connectivity index (χ3v) is 3.06. The lowest BCUT2D eigenvalue weighted by Crippen LogP contribution is -2.27. The smallest absolute Gasteiger partial charge is 0.302 e. The van der Waals surface area contributed by atoms with Crippen molar-refractivity contribution >= 4 is 6.21 Å². The van der Waals surface area contributed by atoms with Crippen molar-refractivity contribution < 1.29 is 9.66 Å². The van der Waals surface area contributed by atoms with E-state index in [4.69, 9.17) is 10.5 Å². The first-order valence-electron chi connectivity index (χ1n) is 5.44. The Morgan fingerprint density at radius 1 is 1.44 bits per heavy atom. The van der Waals surface area contributed by atoms with E-state index in [-0.39, 0.29) is 11.7 Å². The molecule has 2 atom stereocenters. The van der Waals surface area contributed by atoms with E-state index >= 15 is 0 Å². The molecule has 2 aliphatic heterocycles. The lowest BCUT2D eigenvalue weighted by atomic mass is 10.0. The topological polar surface area (TPSA) is 90.8 Å². The maximum absolute atomic E-state index is 10.5. The summed E-state index contributed by atoms with van der Waals surface area (Å²) in [5, 5.41) is 10.5. The molecule has 2 saturated heterocycles. The van der Waals surface area contributed by atoms with Crippen molar-refractivity contribution in [1.82, 2.24) is 0 Å². The van der Waals surface area contributed by atoms with Gasteiger partial charge in [-0.3, -0.25) is 15.1 Å². The molecule has 2 N–H and O–H groups in total. The average molecular weight is 225 g/mol. The molecule has 0 radical (unpaired) electrons. The van der Waals surface area contributed by atoms with Crippen LogP contribution in [0.1, 0.15) is 25.7 Å². The van der Waals surface area contributed by atoms with Gasteiger partial charge >= 0.3 is 5.70 Å². The maximum Gasteiger partial charge on any atom is 0.302 e. The van der Waals surface area contributed by atoms with Crippen LogP contribution < -0.4 is 5.73 Å². The van der Waals surface area contributed by atoms with Crippen LogP contribution in [0.5, 0.6) is 0 Å². The molecule has 6 nitrogen and oxygen atoms in total.